The topological polar surface area (TPSA) is 49.3 Å². The van der Waals surface area contributed by atoms with Crippen molar-refractivity contribution in [3.63, 3.8) is 0 Å². The van der Waals surface area contributed by atoms with Crippen LogP contribution in [0.15, 0.2) is 24.3 Å². The van der Waals surface area contributed by atoms with Gasteiger partial charge in [-0.2, -0.15) is 11.8 Å². The molecule has 1 aromatic carbocycles. The molecule has 0 saturated heterocycles. The maximum atomic E-state index is 11.1. The van der Waals surface area contributed by atoms with Gasteiger partial charge in [0.2, 0.25) is 0 Å². The highest BCUT2D eigenvalue weighted by atomic mass is 35.5. The third-order valence-corrected chi connectivity index (χ3v) is 3.39. The largest absolute Gasteiger partial charge is 0.480 e. The van der Waals surface area contributed by atoms with Crippen molar-refractivity contribution in [3.05, 3.63) is 29.3 Å². The number of carboxylic acids is 1. The first-order valence-corrected chi connectivity index (χ1v) is 6.99. The summed E-state index contributed by atoms with van der Waals surface area (Å²) in [6.07, 6.45) is 0.598. The van der Waals surface area contributed by atoms with Crippen LogP contribution in [-0.4, -0.2) is 28.6 Å². The van der Waals surface area contributed by atoms with Crippen molar-refractivity contribution in [1.82, 2.24) is 0 Å². The van der Waals surface area contributed by atoms with Crippen molar-refractivity contribution in [2.24, 2.45) is 0 Å². The van der Waals surface area contributed by atoms with E-state index in [0.29, 0.717) is 11.4 Å². The summed E-state index contributed by atoms with van der Waals surface area (Å²) in [6.45, 7) is 2.06. The second kappa shape index (κ2) is 7.45. The number of anilines is 1. The van der Waals surface area contributed by atoms with Crippen molar-refractivity contribution >= 4 is 35.0 Å². The van der Waals surface area contributed by atoms with Gasteiger partial charge in [0.1, 0.15) is 6.04 Å². The summed E-state index contributed by atoms with van der Waals surface area (Å²) in [6, 6.07) is 6.53. The minimum atomic E-state index is -0.832. The van der Waals surface area contributed by atoms with E-state index in [0.717, 1.165) is 17.2 Å². The van der Waals surface area contributed by atoms with Gasteiger partial charge in [-0.05, 0) is 36.1 Å². The van der Waals surface area contributed by atoms with Gasteiger partial charge in [-0.3, -0.25) is 0 Å². The SMILES string of the molecule is CCSCCC(Nc1cccc(Cl)c1)C(=O)O. The highest BCUT2D eigenvalue weighted by Gasteiger charge is 2.16. The molecule has 0 fully saturated rings. The molecule has 0 aliphatic carbocycles. The van der Waals surface area contributed by atoms with E-state index in [1.807, 2.05) is 6.07 Å². The van der Waals surface area contributed by atoms with Gasteiger partial charge in [-0.15, -0.1) is 0 Å². The van der Waals surface area contributed by atoms with E-state index in [4.69, 9.17) is 16.7 Å². The van der Waals surface area contributed by atoms with Crippen LogP contribution in [0.3, 0.4) is 0 Å². The third kappa shape index (κ3) is 5.33. The Hall–Kier alpha value is -0.870. The lowest BCUT2D eigenvalue weighted by molar-refractivity contribution is -0.137. The zero-order chi connectivity index (χ0) is 12.7. The van der Waals surface area contributed by atoms with Gasteiger partial charge in [0, 0.05) is 10.7 Å². The number of hydrogen-bond donors (Lipinski definition) is 2. The molecular formula is C12H16ClNO2S. The zero-order valence-electron chi connectivity index (χ0n) is 9.65. The lowest BCUT2D eigenvalue weighted by atomic mass is 10.2. The molecule has 0 spiro atoms. The number of hydrogen-bond acceptors (Lipinski definition) is 3. The van der Waals surface area contributed by atoms with Crippen molar-refractivity contribution < 1.29 is 9.90 Å². The fourth-order valence-corrected chi connectivity index (χ4v) is 2.26. The molecule has 94 valence electrons. The smallest absolute Gasteiger partial charge is 0.326 e. The van der Waals surface area contributed by atoms with Crippen molar-refractivity contribution in [2.45, 2.75) is 19.4 Å². The summed E-state index contributed by atoms with van der Waals surface area (Å²) in [5, 5.41) is 12.7. The van der Waals surface area contributed by atoms with Crippen LogP contribution in [0.4, 0.5) is 5.69 Å². The highest BCUT2D eigenvalue weighted by molar-refractivity contribution is 7.99. The van der Waals surface area contributed by atoms with Crippen LogP contribution in [0, 0.1) is 0 Å². The first kappa shape index (κ1) is 14.2. The summed E-state index contributed by atoms with van der Waals surface area (Å²) in [7, 11) is 0. The summed E-state index contributed by atoms with van der Waals surface area (Å²) in [5.74, 6) is 1.01. The third-order valence-electron chi connectivity index (χ3n) is 2.22. The van der Waals surface area contributed by atoms with Crippen molar-refractivity contribution in [2.75, 3.05) is 16.8 Å². The molecule has 0 bridgehead atoms. The summed E-state index contributed by atoms with van der Waals surface area (Å²) in [5.41, 5.74) is 0.742. The average Bonchev–Trinajstić information content (AvgIpc) is 2.28. The molecule has 5 heteroatoms. The quantitative estimate of drug-likeness (QED) is 0.748. The van der Waals surface area contributed by atoms with Gasteiger partial charge < -0.3 is 10.4 Å². The molecule has 0 heterocycles. The van der Waals surface area contributed by atoms with E-state index in [-0.39, 0.29) is 0 Å². The maximum absolute atomic E-state index is 11.1. The van der Waals surface area contributed by atoms with Crippen LogP contribution in [0.2, 0.25) is 5.02 Å². The van der Waals surface area contributed by atoms with E-state index in [1.165, 1.54) is 0 Å². The number of aliphatic carboxylic acids is 1. The number of rotatable bonds is 7. The highest BCUT2D eigenvalue weighted by Crippen LogP contribution is 2.17. The van der Waals surface area contributed by atoms with E-state index in [2.05, 4.69) is 12.2 Å². The minimum absolute atomic E-state index is 0.562. The molecule has 17 heavy (non-hydrogen) atoms. The molecule has 0 aliphatic heterocycles. The number of carboxylic acid groups (broad SMARTS) is 1. The monoisotopic (exact) mass is 273 g/mol. The van der Waals surface area contributed by atoms with E-state index in [1.54, 1.807) is 30.0 Å². The van der Waals surface area contributed by atoms with Gasteiger partial charge in [0.15, 0.2) is 0 Å². The summed E-state index contributed by atoms with van der Waals surface area (Å²) >= 11 is 7.58. The second-order valence-electron chi connectivity index (χ2n) is 3.53. The number of thioether (sulfide) groups is 1. The lowest BCUT2D eigenvalue weighted by Gasteiger charge is -2.15. The fourth-order valence-electron chi connectivity index (χ4n) is 1.38. The minimum Gasteiger partial charge on any atom is -0.480 e. The number of halogens is 1. The van der Waals surface area contributed by atoms with Crippen LogP contribution in [0.1, 0.15) is 13.3 Å². The predicted molar refractivity (Wildman–Crippen MR) is 74.1 cm³/mol. The number of carbonyl (C=O) groups is 1. The first-order chi connectivity index (χ1) is 8.13. The van der Waals surface area contributed by atoms with Crippen LogP contribution in [-0.2, 0) is 4.79 Å². The van der Waals surface area contributed by atoms with Gasteiger partial charge >= 0.3 is 5.97 Å². The second-order valence-corrected chi connectivity index (χ2v) is 5.36. The Balaban J connectivity index is 2.57. The molecule has 3 nitrogen and oxygen atoms in total. The molecule has 1 atom stereocenters. The molecule has 0 radical (unpaired) electrons. The Morgan fingerprint density at radius 2 is 2.35 bits per heavy atom. The Labute approximate surface area is 111 Å². The molecular weight excluding hydrogens is 258 g/mol. The molecule has 0 amide bonds. The van der Waals surface area contributed by atoms with E-state index >= 15 is 0 Å². The average molecular weight is 274 g/mol. The van der Waals surface area contributed by atoms with Crippen LogP contribution in [0.25, 0.3) is 0 Å². The molecule has 0 aromatic heterocycles. The zero-order valence-corrected chi connectivity index (χ0v) is 11.2. The van der Waals surface area contributed by atoms with Crippen molar-refractivity contribution in [1.29, 1.82) is 0 Å². The summed E-state index contributed by atoms with van der Waals surface area (Å²) in [4.78, 5) is 11.1. The van der Waals surface area contributed by atoms with Gasteiger partial charge in [-0.1, -0.05) is 24.6 Å². The molecule has 2 N–H and O–H groups in total. The van der Waals surface area contributed by atoms with Crippen LogP contribution < -0.4 is 5.32 Å². The Morgan fingerprint density at radius 1 is 1.59 bits per heavy atom. The number of benzene rings is 1. The lowest BCUT2D eigenvalue weighted by Crippen LogP contribution is -2.29. The maximum Gasteiger partial charge on any atom is 0.326 e. The first-order valence-electron chi connectivity index (χ1n) is 5.46. The van der Waals surface area contributed by atoms with Crippen LogP contribution >= 0.6 is 23.4 Å². The molecule has 1 aromatic rings. The molecule has 0 aliphatic rings. The van der Waals surface area contributed by atoms with Crippen LogP contribution in [0.5, 0.6) is 0 Å². The Bertz CT molecular complexity index is 373. The standard InChI is InChI=1S/C12H16ClNO2S/c1-2-17-7-6-11(12(15)16)14-10-5-3-4-9(13)8-10/h3-5,8,11,14H,2,6-7H2,1H3,(H,15,16). The molecule has 1 unspecified atom stereocenters. The van der Waals surface area contributed by atoms with E-state index in [9.17, 15) is 4.79 Å². The van der Waals surface area contributed by atoms with E-state index < -0.39 is 12.0 Å². The predicted octanol–water partition coefficient (Wildman–Crippen LogP) is 3.35. The van der Waals surface area contributed by atoms with Gasteiger partial charge in [0.25, 0.3) is 0 Å². The van der Waals surface area contributed by atoms with Gasteiger partial charge in [-0.25, -0.2) is 4.79 Å². The molecule has 0 saturated carbocycles. The Kier molecular flexibility index (Phi) is 6.22. The van der Waals surface area contributed by atoms with Crippen molar-refractivity contribution in [3.8, 4) is 0 Å². The summed E-state index contributed by atoms with van der Waals surface area (Å²) < 4.78 is 0. The van der Waals surface area contributed by atoms with Gasteiger partial charge in [0.05, 0.1) is 0 Å². The number of nitrogens with one attached hydrogen (secondary N) is 1. The fraction of sp³-hybridized carbons (Fsp3) is 0.417. The molecule has 1 rings (SSSR count). The Morgan fingerprint density at radius 3 is 2.94 bits per heavy atom. The normalized spacial score (nSPS) is 12.1.